The molecule has 0 aliphatic heterocycles. The van der Waals surface area contributed by atoms with Gasteiger partial charge in [-0.2, -0.15) is 0 Å². The van der Waals surface area contributed by atoms with Gasteiger partial charge >= 0.3 is 36.9 Å². The SMILES string of the molecule is O.O.O.O.O.O=[N+]([O-])O.O=[N+]([O-])O.O=[N+]([O-])O.[Tm+3]. The molecule has 0 aromatic heterocycles. The molecule has 0 rings (SSSR count). The van der Waals surface area contributed by atoms with Crippen LogP contribution >= 0.6 is 0 Å². The quantitative estimate of drug-likeness (QED) is 0.235. The molecule has 18 heteroatoms. The molecule has 122 valence electrons. The minimum Gasteiger partial charge on any atom is -0.412 e. The molecule has 0 radical (unpaired) electrons. The Kier molecular flexibility index (Phi) is 223. The van der Waals surface area contributed by atoms with Crippen LogP contribution in [-0.2, 0) is 0 Å². The standard InChI is InChI=1S/3HNO3.5H2O.Tm/c3*2-1(3)4;;;;;;/h3*(H,2,3,4);5*1H2;/q;;;;;;;;+3. The van der Waals surface area contributed by atoms with Gasteiger partial charge in [-0.3, -0.25) is 0 Å². The largest absolute Gasteiger partial charge is 3.00 e. The van der Waals surface area contributed by atoms with E-state index in [-0.39, 0.29) is 64.3 Å². The van der Waals surface area contributed by atoms with Gasteiger partial charge < -0.3 is 43.0 Å². The second-order valence-electron chi connectivity index (χ2n) is 0.714. The zero-order chi connectivity index (χ0) is 10.7. The van der Waals surface area contributed by atoms with Gasteiger partial charge in [-0.05, 0) is 0 Å². The summed E-state index contributed by atoms with van der Waals surface area (Å²) in [6, 6.07) is 0. The van der Waals surface area contributed by atoms with Crippen molar-refractivity contribution in [2.24, 2.45) is 0 Å². The monoisotopic (exact) mass is 448 g/mol. The van der Waals surface area contributed by atoms with Crippen molar-refractivity contribution in [3.8, 4) is 0 Å². The molecule has 17 nitrogen and oxygen atoms in total. The van der Waals surface area contributed by atoms with Gasteiger partial charge in [-0.15, -0.1) is 30.3 Å². The van der Waals surface area contributed by atoms with Crippen molar-refractivity contribution in [3.05, 3.63) is 30.3 Å². The van der Waals surface area contributed by atoms with Gasteiger partial charge in [-0.25, -0.2) is 0 Å². The number of nitrogens with zero attached hydrogens (tertiary/aromatic N) is 3. The van der Waals surface area contributed by atoms with E-state index in [1.807, 2.05) is 0 Å². The zero-order valence-electron chi connectivity index (χ0n) is 7.91. The zero-order valence-corrected chi connectivity index (χ0v) is 9.69. The molecule has 0 saturated heterocycles. The summed E-state index contributed by atoms with van der Waals surface area (Å²) < 4.78 is 0. The summed E-state index contributed by atoms with van der Waals surface area (Å²) in [5, 5.41) is 40.9. The Bertz CT molecular complexity index is 115. The smallest absolute Gasteiger partial charge is 0.412 e. The Hall–Kier alpha value is -1.37. The van der Waals surface area contributed by atoms with Gasteiger partial charge in [0.2, 0.25) is 0 Å². The predicted molar refractivity (Wildman–Crippen MR) is 44.4 cm³/mol. The summed E-state index contributed by atoms with van der Waals surface area (Å²) in [7, 11) is 0. The van der Waals surface area contributed by atoms with E-state index < -0.39 is 15.3 Å². The molecule has 0 saturated carbocycles. The average Bonchev–Trinajstić information content (AvgIpc) is 1.54. The van der Waals surface area contributed by atoms with Crippen molar-refractivity contribution in [3.63, 3.8) is 0 Å². The van der Waals surface area contributed by atoms with Gasteiger partial charge in [0.25, 0.3) is 15.3 Å². The van der Waals surface area contributed by atoms with Gasteiger partial charge in [-0.1, -0.05) is 0 Å². The van der Waals surface area contributed by atoms with Crippen molar-refractivity contribution in [1.29, 1.82) is 0 Å². The molecule has 0 aromatic carbocycles. The van der Waals surface area contributed by atoms with E-state index in [0.29, 0.717) is 0 Å². The van der Waals surface area contributed by atoms with Gasteiger partial charge in [0.05, 0.1) is 0 Å². The van der Waals surface area contributed by atoms with E-state index in [0.717, 1.165) is 0 Å². The van der Waals surface area contributed by atoms with E-state index in [2.05, 4.69) is 0 Å². The van der Waals surface area contributed by atoms with Crippen LogP contribution in [0.15, 0.2) is 0 Å². The first-order valence-electron chi connectivity index (χ1n) is 1.70. The molecule has 0 fully saturated rings. The second kappa shape index (κ2) is 57.5. The summed E-state index contributed by atoms with van der Waals surface area (Å²) in [5.74, 6) is 0. The van der Waals surface area contributed by atoms with E-state index in [9.17, 15) is 0 Å². The molecule has 13 N–H and O–H groups in total. The van der Waals surface area contributed by atoms with Gasteiger partial charge in [0.1, 0.15) is 0 Å². The van der Waals surface area contributed by atoms with Crippen LogP contribution in [0, 0.1) is 67.2 Å². The number of hydrogen-bond donors (Lipinski definition) is 3. The van der Waals surface area contributed by atoms with Gasteiger partial charge in [0.15, 0.2) is 0 Å². The molecule has 0 spiro atoms. The van der Waals surface area contributed by atoms with Crippen molar-refractivity contribution in [1.82, 2.24) is 0 Å². The van der Waals surface area contributed by atoms with E-state index in [1.165, 1.54) is 0 Å². The summed E-state index contributed by atoms with van der Waals surface area (Å²) in [6.45, 7) is 0. The fraction of sp³-hybridized carbons (Fsp3) is 0. The van der Waals surface area contributed by atoms with Crippen LogP contribution in [0.3, 0.4) is 0 Å². The Balaban J connectivity index is -0.00000000827. The second-order valence-corrected chi connectivity index (χ2v) is 0.714. The summed E-state index contributed by atoms with van der Waals surface area (Å²) >= 11 is 0. The van der Waals surface area contributed by atoms with Crippen molar-refractivity contribution >= 4 is 0 Å². The minimum absolute atomic E-state index is 0. The summed E-state index contributed by atoms with van der Waals surface area (Å²) in [6.07, 6.45) is 0. The third-order valence-electron chi connectivity index (χ3n) is 0. The maximum atomic E-state index is 8.36. The predicted octanol–water partition coefficient (Wildman–Crippen LogP) is -5.17. The van der Waals surface area contributed by atoms with Crippen LogP contribution in [0.1, 0.15) is 0 Å². The number of rotatable bonds is 0. The first-order valence-corrected chi connectivity index (χ1v) is 1.70. The molecule has 0 aliphatic rings. The van der Waals surface area contributed by atoms with E-state index in [1.54, 1.807) is 0 Å². The first-order chi connectivity index (χ1) is 5.20. The van der Waals surface area contributed by atoms with Crippen molar-refractivity contribution in [2.75, 3.05) is 0 Å². The summed E-state index contributed by atoms with van der Waals surface area (Å²) in [5.41, 5.74) is 0. The Morgan fingerprint density at radius 3 is 0.556 bits per heavy atom. The first kappa shape index (κ1) is 69.8. The topological polar surface area (TPSA) is 348 Å². The molecule has 0 aliphatic carbocycles. The maximum absolute atomic E-state index is 8.36. The van der Waals surface area contributed by atoms with Crippen LogP contribution in [0.5, 0.6) is 0 Å². The van der Waals surface area contributed by atoms with Crippen molar-refractivity contribution in [2.45, 2.75) is 0 Å². The van der Waals surface area contributed by atoms with Crippen LogP contribution in [-0.4, -0.2) is 58.3 Å². The third-order valence-corrected chi connectivity index (χ3v) is 0. The fourth-order valence-electron chi connectivity index (χ4n) is 0. The maximum Gasteiger partial charge on any atom is 3.00 e. The van der Waals surface area contributed by atoms with E-state index >= 15 is 0 Å². The van der Waals surface area contributed by atoms with Crippen LogP contribution in [0.2, 0.25) is 0 Å². The van der Waals surface area contributed by atoms with Crippen LogP contribution in [0.25, 0.3) is 0 Å². The Morgan fingerprint density at radius 1 is 0.556 bits per heavy atom. The van der Waals surface area contributed by atoms with Crippen LogP contribution < -0.4 is 0 Å². The molecule has 0 aromatic rings. The number of hydrogen-bond acceptors (Lipinski definition) is 6. The normalized spacial score (nSPS) is 4.00. The summed E-state index contributed by atoms with van der Waals surface area (Å²) in [4.78, 5) is 25.1. The van der Waals surface area contributed by atoms with Gasteiger partial charge in [0, 0.05) is 0 Å². The third kappa shape index (κ3) is 1460. The minimum atomic E-state index is -1.50. The molecule has 0 atom stereocenters. The molecule has 0 heterocycles. The molecule has 0 unspecified atom stereocenters. The molecular weight excluding hydrogens is 435 g/mol. The van der Waals surface area contributed by atoms with E-state index in [4.69, 9.17) is 46.0 Å². The Morgan fingerprint density at radius 2 is 0.556 bits per heavy atom. The molecule has 0 amide bonds. The average molecular weight is 448 g/mol. The Labute approximate surface area is 125 Å². The molecular formula is H13N3O14Tm+3. The fourth-order valence-corrected chi connectivity index (χ4v) is 0. The molecule has 18 heavy (non-hydrogen) atoms. The van der Waals surface area contributed by atoms with Crippen LogP contribution in [0.4, 0.5) is 0 Å². The molecule has 0 bridgehead atoms. The van der Waals surface area contributed by atoms with Crippen molar-refractivity contribution < 1.29 is 95.1 Å².